The van der Waals surface area contributed by atoms with Gasteiger partial charge in [-0.3, -0.25) is 10.1 Å². The fraction of sp³-hybridized carbons (Fsp3) is 0.0769. The molecule has 5 nitrogen and oxygen atoms in total. The van der Waals surface area contributed by atoms with Crippen LogP contribution in [0.1, 0.15) is 5.56 Å². The molecule has 0 saturated carbocycles. The van der Waals surface area contributed by atoms with Crippen molar-refractivity contribution < 1.29 is 23.5 Å². The van der Waals surface area contributed by atoms with Crippen LogP contribution < -0.4 is 4.74 Å². The minimum Gasteiger partial charge on any atom is -0.454 e. The highest BCUT2D eigenvalue weighted by molar-refractivity contribution is 5.41. The first-order chi connectivity index (χ1) is 9.51. The van der Waals surface area contributed by atoms with E-state index in [1.165, 1.54) is 12.1 Å². The van der Waals surface area contributed by atoms with Crippen molar-refractivity contribution in [3.05, 3.63) is 63.7 Å². The van der Waals surface area contributed by atoms with E-state index in [0.29, 0.717) is 17.7 Å². The summed E-state index contributed by atoms with van der Waals surface area (Å²) in [5, 5.41) is 19.3. The van der Waals surface area contributed by atoms with Gasteiger partial charge in [0.25, 0.3) is 0 Å². The van der Waals surface area contributed by atoms with E-state index in [2.05, 4.69) is 0 Å². The Morgan fingerprint density at radius 2 is 1.80 bits per heavy atom. The van der Waals surface area contributed by atoms with Crippen molar-refractivity contribution in [1.82, 2.24) is 0 Å². The van der Waals surface area contributed by atoms with E-state index >= 15 is 0 Å². The van der Waals surface area contributed by atoms with Gasteiger partial charge < -0.3 is 9.84 Å². The molecule has 0 saturated heterocycles. The molecule has 1 N–H and O–H groups in total. The lowest BCUT2D eigenvalue weighted by Crippen LogP contribution is -1.96. The summed E-state index contributed by atoms with van der Waals surface area (Å²) in [6, 6.07) is 7.11. The van der Waals surface area contributed by atoms with Gasteiger partial charge in [0.1, 0.15) is 5.75 Å². The number of nitro groups is 1. The summed E-state index contributed by atoms with van der Waals surface area (Å²) in [6.07, 6.45) is 0. The molecule has 2 aromatic rings. The van der Waals surface area contributed by atoms with Gasteiger partial charge in [-0.05, 0) is 17.7 Å². The van der Waals surface area contributed by atoms with Gasteiger partial charge in [-0.1, -0.05) is 12.1 Å². The average molecular weight is 281 g/mol. The van der Waals surface area contributed by atoms with Gasteiger partial charge in [0.15, 0.2) is 11.6 Å². The van der Waals surface area contributed by atoms with Crippen molar-refractivity contribution in [3.8, 4) is 11.5 Å². The van der Waals surface area contributed by atoms with Gasteiger partial charge in [-0.2, -0.15) is 4.39 Å². The number of halogens is 2. The van der Waals surface area contributed by atoms with E-state index in [1.54, 1.807) is 12.1 Å². The summed E-state index contributed by atoms with van der Waals surface area (Å²) in [5.74, 6) is -2.46. The zero-order valence-corrected chi connectivity index (χ0v) is 10.0. The van der Waals surface area contributed by atoms with Crippen LogP contribution in [0.15, 0.2) is 36.4 Å². The van der Waals surface area contributed by atoms with Crippen LogP contribution >= 0.6 is 0 Å². The molecule has 0 heterocycles. The Bertz CT molecular complexity index is 644. The number of benzene rings is 2. The quantitative estimate of drug-likeness (QED) is 0.690. The second kappa shape index (κ2) is 5.62. The van der Waals surface area contributed by atoms with Crippen molar-refractivity contribution in [3.63, 3.8) is 0 Å². The Hall–Kier alpha value is -2.54. The molecule has 2 rings (SSSR count). The highest BCUT2D eigenvalue weighted by Gasteiger charge is 2.19. The van der Waals surface area contributed by atoms with Crippen molar-refractivity contribution in [2.24, 2.45) is 0 Å². The SMILES string of the molecule is O=[N+]([O-])c1cc(F)c(Oc2ccc(CO)cc2)cc1F. The Kier molecular flexibility index (Phi) is 3.90. The molecule has 0 aromatic heterocycles. The van der Waals surface area contributed by atoms with Gasteiger partial charge in [-0.15, -0.1) is 0 Å². The number of nitrogens with zero attached hydrogens (tertiary/aromatic N) is 1. The predicted octanol–water partition coefficient (Wildman–Crippen LogP) is 3.16. The molecule has 0 radical (unpaired) electrons. The van der Waals surface area contributed by atoms with Crippen molar-refractivity contribution in [2.75, 3.05) is 0 Å². The molecule has 0 amide bonds. The van der Waals surface area contributed by atoms with Crippen LogP contribution in [0, 0.1) is 21.7 Å². The largest absolute Gasteiger partial charge is 0.454 e. The molecule has 7 heteroatoms. The smallest absolute Gasteiger partial charge is 0.307 e. The summed E-state index contributed by atoms with van der Waals surface area (Å²) in [6.45, 7) is -0.152. The minimum atomic E-state index is -1.18. The zero-order valence-electron chi connectivity index (χ0n) is 10.0. The fourth-order valence-electron chi connectivity index (χ4n) is 1.53. The first-order valence-electron chi connectivity index (χ1n) is 5.52. The van der Waals surface area contributed by atoms with Gasteiger partial charge in [0.05, 0.1) is 17.6 Å². The Labute approximate surface area is 112 Å². The zero-order chi connectivity index (χ0) is 14.7. The predicted molar refractivity (Wildman–Crippen MR) is 65.5 cm³/mol. The fourth-order valence-corrected chi connectivity index (χ4v) is 1.53. The molecule has 0 aliphatic heterocycles. The summed E-state index contributed by atoms with van der Waals surface area (Å²) in [4.78, 5) is 9.43. The lowest BCUT2D eigenvalue weighted by molar-refractivity contribution is -0.387. The Balaban J connectivity index is 2.29. The maximum atomic E-state index is 13.6. The van der Waals surface area contributed by atoms with E-state index in [-0.39, 0.29) is 12.4 Å². The van der Waals surface area contributed by atoms with Crippen molar-refractivity contribution in [2.45, 2.75) is 6.61 Å². The number of hydrogen-bond acceptors (Lipinski definition) is 4. The van der Waals surface area contributed by atoms with E-state index in [0.717, 1.165) is 0 Å². The van der Waals surface area contributed by atoms with E-state index < -0.39 is 28.0 Å². The minimum absolute atomic E-state index is 0.152. The van der Waals surface area contributed by atoms with Crippen LogP contribution in [0.5, 0.6) is 11.5 Å². The number of rotatable bonds is 4. The lowest BCUT2D eigenvalue weighted by atomic mass is 10.2. The molecule has 0 spiro atoms. The molecular weight excluding hydrogens is 272 g/mol. The standard InChI is InChI=1S/C13H9F2NO4/c14-10-6-13(11(15)5-12(10)16(18)19)20-9-3-1-8(7-17)2-4-9/h1-6,17H,7H2. The van der Waals surface area contributed by atoms with Gasteiger partial charge in [-0.25, -0.2) is 4.39 Å². The van der Waals surface area contributed by atoms with Crippen LogP contribution in [0.25, 0.3) is 0 Å². The number of aliphatic hydroxyl groups excluding tert-OH is 1. The molecule has 0 aliphatic rings. The molecule has 20 heavy (non-hydrogen) atoms. The maximum Gasteiger partial charge on any atom is 0.307 e. The Morgan fingerprint density at radius 3 is 2.35 bits per heavy atom. The topological polar surface area (TPSA) is 72.6 Å². The van der Waals surface area contributed by atoms with E-state index in [4.69, 9.17) is 9.84 Å². The summed E-state index contributed by atoms with van der Waals surface area (Å²) in [5.41, 5.74) is -0.321. The third kappa shape index (κ3) is 2.89. The number of aliphatic hydroxyl groups is 1. The highest BCUT2D eigenvalue weighted by atomic mass is 19.1. The molecule has 0 unspecified atom stereocenters. The molecule has 0 fully saturated rings. The summed E-state index contributed by atoms with van der Waals surface area (Å²) >= 11 is 0. The highest BCUT2D eigenvalue weighted by Crippen LogP contribution is 2.30. The van der Waals surface area contributed by atoms with Crippen molar-refractivity contribution >= 4 is 5.69 Å². The normalized spacial score (nSPS) is 10.3. The van der Waals surface area contributed by atoms with Crippen LogP contribution in [-0.4, -0.2) is 10.0 Å². The van der Waals surface area contributed by atoms with Crippen LogP contribution in [0.4, 0.5) is 14.5 Å². The number of hydrogen-bond donors (Lipinski definition) is 1. The third-order valence-corrected chi connectivity index (χ3v) is 2.53. The number of ether oxygens (including phenoxy) is 1. The summed E-state index contributed by atoms with van der Waals surface area (Å²) < 4.78 is 32.1. The van der Waals surface area contributed by atoms with Crippen LogP contribution in [0.2, 0.25) is 0 Å². The second-order valence-electron chi connectivity index (χ2n) is 3.90. The molecule has 104 valence electrons. The monoisotopic (exact) mass is 281 g/mol. The molecule has 0 bridgehead atoms. The average Bonchev–Trinajstić information content (AvgIpc) is 2.43. The van der Waals surface area contributed by atoms with Gasteiger partial charge >= 0.3 is 5.69 Å². The van der Waals surface area contributed by atoms with Crippen LogP contribution in [-0.2, 0) is 6.61 Å². The van der Waals surface area contributed by atoms with E-state index in [1.807, 2.05) is 0 Å². The van der Waals surface area contributed by atoms with Gasteiger partial charge in [0, 0.05) is 6.07 Å². The molecule has 0 aliphatic carbocycles. The van der Waals surface area contributed by atoms with E-state index in [9.17, 15) is 18.9 Å². The van der Waals surface area contributed by atoms with Gasteiger partial charge in [0.2, 0.25) is 5.82 Å². The first kappa shape index (κ1) is 13.9. The maximum absolute atomic E-state index is 13.6. The number of nitro benzene ring substituents is 1. The van der Waals surface area contributed by atoms with Crippen LogP contribution in [0.3, 0.4) is 0 Å². The molecule has 2 aromatic carbocycles. The first-order valence-corrected chi connectivity index (χ1v) is 5.52. The Morgan fingerprint density at radius 1 is 1.15 bits per heavy atom. The van der Waals surface area contributed by atoms with Crippen molar-refractivity contribution in [1.29, 1.82) is 0 Å². The summed E-state index contributed by atoms with van der Waals surface area (Å²) in [7, 11) is 0. The third-order valence-electron chi connectivity index (χ3n) is 2.53. The second-order valence-corrected chi connectivity index (χ2v) is 3.90. The molecular formula is C13H9F2NO4. The molecule has 0 atom stereocenters. The lowest BCUT2D eigenvalue weighted by Gasteiger charge is -2.07.